The van der Waals surface area contributed by atoms with Crippen LogP contribution in [0.5, 0.6) is 0 Å². The molecule has 0 heterocycles. The summed E-state index contributed by atoms with van der Waals surface area (Å²) >= 11 is 3.35. The molecule has 0 bridgehead atoms. The van der Waals surface area contributed by atoms with Gasteiger partial charge in [0.15, 0.2) is 0 Å². The van der Waals surface area contributed by atoms with Gasteiger partial charge >= 0.3 is 0 Å². The van der Waals surface area contributed by atoms with E-state index in [9.17, 15) is 4.39 Å². The fourth-order valence-electron chi connectivity index (χ4n) is 1.35. The highest BCUT2D eigenvalue weighted by molar-refractivity contribution is 9.10. The minimum Gasteiger partial charge on any atom is -0.385 e. The molecular weight excluding hydrogens is 273 g/mol. The molecule has 0 spiro atoms. The molecule has 0 saturated carbocycles. The molecule has 0 aliphatic heterocycles. The lowest BCUT2D eigenvalue weighted by Crippen LogP contribution is -2.26. The predicted octanol–water partition coefficient (Wildman–Crippen LogP) is 3.10. The van der Waals surface area contributed by atoms with E-state index in [0.29, 0.717) is 6.04 Å². The number of benzene rings is 1. The highest BCUT2D eigenvalue weighted by Gasteiger charge is 2.04. The van der Waals surface area contributed by atoms with Crippen molar-refractivity contribution in [1.82, 2.24) is 5.32 Å². The Kier molecular flexibility index (Phi) is 5.95. The Labute approximate surface area is 104 Å². The summed E-state index contributed by atoms with van der Waals surface area (Å²) in [4.78, 5) is 0. The summed E-state index contributed by atoms with van der Waals surface area (Å²) in [5, 5.41) is 3.36. The quantitative estimate of drug-likeness (QED) is 0.869. The average Bonchev–Trinajstić information content (AvgIpc) is 2.25. The molecule has 1 aromatic rings. The monoisotopic (exact) mass is 289 g/mol. The normalized spacial score (nSPS) is 12.8. The minimum atomic E-state index is -0.219. The Bertz CT molecular complexity index is 333. The molecule has 1 aromatic carbocycles. The SMILES string of the molecule is COCCC(C)NCc1ccc(F)cc1Br. The molecule has 2 nitrogen and oxygen atoms in total. The van der Waals surface area contributed by atoms with Crippen LogP contribution in [0.3, 0.4) is 0 Å². The van der Waals surface area contributed by atoms with Crippen molar-refractivity contribution in [3.8, 4) is 0 Å². The third-order valence-corrected chi connectivity index (χ3v) is 3.15. The topological polar surface area (TPSA) is 21.3 Å². The second-order valence-corrected chi connectivity index (χ2v) is 4.65. The fraction of sp³-hybridized carbons (Fsp3) is 0.500. The van der Waals surface area contributed by atoms with Crippen LogP contribution in [0.15, 0.2) is 22.7 Å². The molecular formula is C12H17BrFNO. The van der Waals surface area contributed by atoms with Gasteiger partial charge in [-0.1, -0.05) is 22.0 Å². The van der Waals surface area contributed by atoms with Crippen molar-refractivity contribution in [1.29, 1.82) is 0 Å². The van der Waals surface area contributed by atoms with Crippen molar-refractivity contribution in [3.63, 3.8) is 0 Å². The van der Waals surface area contributed by atoms with Crippen molar-refractivity contribution in [3.05, 3.63) is 34.1 Å². The van der Waals surface area contributed by atoms with Gasteiger partial charge in [0, 0.05) is 30.8 Å². The van der Waals surface area contributed by atoms with Gasteiger partial charge in [-0.05, 0) is 31.0 Å². The number of hydrogen-bond acceptors (Lipinski definition) is 2. The zero-order chi connectivity index (χ0) is 12.0. The lowest BCUT2D eigenvalue weighted by Gasteiger charge is -2.14. The van der Waals surface area contributed by atoms with Crippen molar-refractivity contribution < 1.29 is 9.13 Å². The highest BCUT2D eigenvalue weighted by atomic mass is 79.9. The molecule has 0 amide bonds. The van der Waals surface area contributed by atoms with Crippen LogP contribution < -0.4 is 5.32 Å². The molecule has 1 N–H and O–H groups in total. The first-order valence-corrected chi connectivity index (χ1v) is 6.09. The van der Waals surface area contributed by atoms with Gasteiger partial charge in [-0.15, -0.1) is 0 Å². The van der Waals surface area contributed by atoms with E-state index < -0.39 is 0 Å². The van der Waals surface area contributed by atoms with Crippen molar-refractivity contribution in [2.75, 3.05) is 13.7 Å². The van der Waals surface area contributed by atoms with E-state index >= 15 is 0 Å². The number of ether oxygens (including phenoxy) is 1. The van der Waals surface area contributed by atoms with Gasteiger partial charge in [-0.2, -0.15) is 0 Å². The minimum absolute atomic E-state index is 0.219. The zero-order valence-corrected chi connectivity index (χ0v) is 11.2. The molecule has 4 heteroatoms. The van der Waals surface area contributed by atoms with E-state index in [1.807, 2.05) is 0 Å². The third-order valence-electron chi connectivity index (χ3n) is 2.41. The molecule has 0 aliphatic carbocycles. The molecule has 0 fully saturated rings. The molecule has 1 unspecified atom stereocenters. The van der Waals surface area contributed by atoms with Crippen LogP contribution in [0.2, 0.25) is 0 Å². The number of nitrogens with one attached hydrogen (secondary N) is 1. The van der Waals surface area contributed by atoms with Crippen LogP contribution in [0.1, 0.15) is 18.9 Å². The zero-order valence-electron chi connectivity index (χ0n) is 9.59. The van der Waals surface area contributed by atoms with Gasteiger partial charge in [0.25, 0.3) is 0 Å². The first-order valence-electron chi connectivity index (χ1n) is 5.29. The van der Waals surface area contributed by atoms with Crippen LogP contribution >= 0.6 is 15.9 Å². The van der Waals surface area contributed by atoms with Crippen LogP contribution in [-0.4, -0.2) is 19.8 Å². The molecule has 16 heavy (non-hydrogen) atoms. The highest BCUT2D eigenvalue weighted by Crippen LogP contribution is 2.17. The Balaban J connectivity index is 2.42. The van der Waals surface area contributed by atoms with E-state index in [0.717, 1.165) is 29.6 Å². The summed E-state index contributed by atoms with van der Waals surface area (Å²) in [5.41, 5.74) is 1.06. The smallest absolute Gasteiger partial charge is 0.124 e. The summed E-state index contributed by atoms with van der Waals surface area (Å²) in [7, 11) is 1.70. The molecule has 0 saturated heterocycles. The third kappa shape index (κ3) is 4.60. The Morgan fingerprint density at radius 2 is 2.25 bits per heavy atom. The maximum Gasteiger partial charge on any atom is 0.124 e. The lowest BCUT2D eigenvalue weighted by atomic mass is 10.2. The molecule has 0 aromatic heterocycles. The Morgan fingerprint density at radius 3 is 2.88 bits per heavy atom. The van der Waals surface area contributed by atoms with Gasteiger partial charge in [0.1, 0.15) is 5.82 Å². The van der Waals surface area contributed by atoms with Crippen molar-refractivity contribution in [2.24, 2.45) is 0 Å². The van der Waals surface area contributed by atoms with Crippen molar-refractivity contribution in [2.45, 2.75) is 25.9 Å². The number of rotatable bonds is 6. The lowest BCUT2D eigenvalue weighted by molar-refractivity contribution is 0.184. The van der Waals surface area contributed by atoms with E-state index in [2.05, 4.69) is 28.2 Å². The van der Waals surface area contributed by atoms with E-state index in [1.54, 1.807) is 13.2 Å². The summed E-state index contributed by atoms with van der Waals surface area (Å²) in [6.45, 7) is 3.58. The van der Waals surface area contributed by atoms with E-state index in [1.165, 1.54) is 12.1 Å². The largest absolute Gasteiger partial charge is 0.385 e. The Hall–Kier alpha value is -0.450. The standard InChI is InChI=1S/C12H17BrFNO/c1-9(5-6-16-2)15-8-10-3-4-11(14)7-12(10)13/h3-4,7,9,15H,5-6,8H2,1-2H3. The summed E-state index contributed by atoms with van der Waals surface area (Å²) in [6.07, 6.45) is 0.968. The molecule has 90 valence electrons. The number of methoxy groups -OCH3 is 1. The second kappa shape index (κ2) is 6.99. The Morgan fingerprint density at radius 1 is 1.50 bits per heavy atom. The molecule has 1 rings (SSSR count). The van der Waals surface area contributed by atoms with Crippen LogP contribution in [0.25, 0.3) is 0 Å². The van der Waals surface area contributed by atoms with E-state index in [4.69, 9.17) is 4.74 Å². The maximum absolute atomic E-state index is 12.8. The molecule has 0 radical (unpaired) electrons. The van der Waals surface area contributed by atoms with Crippen molar-refractivity contribution >= 4 is 15.9 Å². The first-order chi connectivity index (χ1) is 7.63. The average molecular weight is 290 g/mol. The summed E-state index contributed by atoms with van der Waals surface area (Å²) in [6, 6.07) is 5.13. The molecule has 1 atom stereocenters. The fourth-order valence-corrected chi connectivity index (χ4v) is 1.84. The van der Waals surface area contributed by atoms with E-state index in [-0.39, 0.29) is 5.82 Å². The number of halogens is 2. The predicted molar refractivity (Wildman–Crippen MR) is 66.9 cm³/mol. The van der Waals surface area contributed by atoms with Gasteiger partial charge in [-0.3, -0.25) is 0 Å². The van der Waals surface area contributed by atoms with Gasteiger partial charge in [-0.25, -0.2) is 4.39 Å². The van der Waals surface area contributed by atoms with Gasteiger partial charge < -0.3 is 10.1 Å². The van der Waals surface area contributed by atoms with Gasteiger partial charge in [0.05, 0.1) is 0 Å². The maximum atomic E-state index is 12.8. The van der Waals surface area contributed by atoms with Gasteiger partial charge in [0.2, 0.25) is 0 Å². The summed E-state index contributed by atoms with van der Waals surface area (Å²) in [5.74, 6) is -0.219. The number of hydrogen-bond donors (Lipinski definition) is 1. The van der Waals surface area contributed by atoms with Crippen LogP contribution in [0.4, 0.5) is 4.39 Å². The second-order valence-electron chi connectivity index (χ2n) is 3.80. The van der Waals surface area contributed by atoms with Crippen LogP contribution in [-0.2, 0) is 11.3 Å². The molecule has 0 aliphatic rings. The first kappa shape index (κ1) is 13.6. The summed E-state index contributed by atoms with van der Waals surface area (Å²) < 4.78 is 18.7. The van der Waals surface area contributed by atoms with Crippen LogP contribution in [0, 0.1) is 5.82 Å².